The van der Waals surface area contributed by atoms with Crippen LogP contribution in [0.5, 0.6) is 0 Å². The van der Waals surface area contributed by atoms with Gasteiger partial charge in [-0.1, -0.05) is 12.1 Å². The van der Waals surface area contributed by atoms with Crippen LogP contribution in [-0.2, 0) is 23.5 Å². The van der Waals surface area contributed by atoms with E-state index in [1.54, 1.807) is 18.5 Å². The third-order valence-corrected chi connectivity index (χ3v) is 4.20. The number of aryl methyl sites for hydroxylation is 1. The van der Waals surface area contributed by atoms with E-state index in [0.29, 0.717) is 6.54 Å². The highest BCUT2D eigenvalue weighted by Gasteiger charge is 2.11. The fraction of sp³-hybridized carbons (Fsp3) is 0.385. The molecule has 3 N–H and O–H groups in total. The highest BCUT2D eigenvalue weighted by molar-refractivity contribution is 7.89. The van der Waals surface area contributed by atoms with Crippen molar-refractivity contribution in [2.75, 3.05) is 6.54 Å². The zero-order valence-electron chi connectivity index (χ0n) is 12.0. The van der Waals surface area contributed by atoms with E-state index in [9.17, 15) is 8.42 Å². The van der Waals surface area contributed by atoms with Crippen molar-refractivity contribution in [3.8, 4) is 0 Å². The van der Waals surface area contributed by atoms with Crippen molar-refractivity contribution in [1.29, 1.82) is 0 Å². The quantitative estimate of drug-likeness (QED) is 0.802. The van der Waals surface area contributed by atoms with Crippen molar-refractivity contribution in [1.82, 2.24) is 20.1 Å². The van der Waals surface area contributed by atoms with E-state index in [0.717, 1.165) is 17.8 Å². The summed E-state index contributed by atoms with van der Waals surface area (Å²) in [6.45, 7) is 2.69. The number of hydrogen-bond acceptors (Lipinski definition) is 5. The second-order valence-corrected chi connectivity index (χ2v) is 6.46. The minimum atomic E-state index is -3.67. The molecule has 0 amide bonds. The van der Waals surface area contributed by atoms with Crippen LogP contribution in [-0.4, -0.2) is 29.7 Å². The summed E-state index contributed by atoms with van der Waals surface area (Å²) in [5.74, 6) is 0.896. The standard InChI is InChI=1S/C13H19N5O2S/c1-10(15-7-6-13-17-16-9-18(13)2)11-4-3-5-12(8-11)21(14,19)20/h3-5,8-10,15H,6-7H2,1-2H3,(H2,14,19,20). The molecule has 1 heterocycles. The lowest BCUT2D eigenvalue weighted by Gasteiger charge is -2.14. The van der Waals surface area contributed by atoms with Gasteiger partial charge in [0.05, 0.1) is 4.90 Å². The fourth-order valence-corrected chi connectivity index (χ4v) is 2.58. The van der Waals surface area contributed by atoms with E-state index in [1.165, 1.54) is 6.07 Å². The molecule has 0 aliphatic rings. The molecule has 1 atom stereocenters. The number of hydrogen-bond donors (Lipinski definition) is 2. The molecule has 0 fully saturated rings. The van der Waals surface area contributed by atoms with Gasteiger partial charge in [-0.05, 0) is 24.6 Å². The molecule has 8 heteroatoms. The molecule has 7 nitrogen and oxygen atoms in total. The van der Waals surface area contributed by atoms with Crippen molar-refractivity contribution >= 4 is 10.0 Å². The molecule has 0 saturated carbocycles. The van der Waals surface area contributed by atoms with Crippen molar-refractivity contribution < 1.29 is 8.42 Å². The largest absolute Gasteiger partial charge is 0.321 e. The smallest absolute Gasteiger partial charge is 0.238 e. The SMILES string of the molecule is CC(NCCc1nncn1C)c1cccc(S(N)(=O)=O)c1. The molecule has 0 spiro atoms. The maximum atomic E-state index is 11.4. The van der Waals surface area contributed by atoms with Gasteiger partial charge in [-0.2, -0.15) is 0 Å². The monoisotopic (exact) mass is 309 g/mol. The molecule has 114 valence electrons. The molecule has 1 aromatic carbocycles. The van der Waals surface area contributed by atoms with Gasteiger partial charge in [-0.3, -0.25) is 0 Å². The maximum absolute atomic E-state index is 11.4. The third kappa shape index (κ3) is 4.10. The zero-order valence-corrected chi connectivity index (χ0v) is 12.8. The summed E-state index contributed by atoms with van der Waals surface area (Å²) in [4.78, 5) is 0.127. The van der Waals surface area contributed by atoms with Gasteiger partial charge in [-0.15, -0.1) is 10.2 Å². The Morgan fingerprint density at radius 1 is 1.43 bits per heavy atom. The van der Waals surface area contributed by atoms with Crippen LogP contribution in [0.25, 0.3) is 0 Å². The van der Waals surface area contributed by atoms with Gasteiger partial charge >= 0.3 is 0 Å². The molecular formula is C13H19N5O2S. The van der Waals surface area contributed by atoms with Gasteiger partial charge in [-0.25, -0.2) is 13.6 Å². The Labute approximate surface area is 124 Å². The number of nitrogens with two attached hydrogens (primary N) is 1. The molecule has 0 bridgehead atoms. The molecule has 2 rings (SSSR count). The van der Waals surface area contributed by atoms with Gasteiger partial charge < -0.3 is 9.88 Å². The Kier molecular flexibility index (Phi) is 4.71. The predicted molar refractivity (Wildman–Crippen MR) is 78.9 cm³/mol. The molecule has 0 saturated heterocycles. The number of rotatable bonds is 6. The summed E-state index contributed by atoms with van der Waals surface area (Å²) in [7, 11) is -1.77. The molecule has 1 unspecified atom stereocenters. The Hall–Kier alpha value is -1.77. The van der Waals surface area contributed by atoms with E-state index >= 15 is 0 Å². The number of sulfonamides is 1. The molecule has 0 aliphatic carbocycles. The van der Waals surface area contributed by atoms with Crippen LogP contribution >= 0.6 is 0 Å². The van der Waals surface area contributed by atoms with Crippen LogP contribution in [0.1, 0.15) is 24.4 Å². The lowest BCUT2D eigenvalue weighted by molar-refractivity contribution is 0.563. The number of benzene rings is 1. The van der Waals surface area contributed by atoms with Crippen LogP contribution in [0.15, 0.2) is 35.5 Å². The van der Waals surface area contributed by atoms with Gasteiger partial charge in [0.25, 0.3) is 0 Å². The topological polar surface area (TPSA) is 103 Å². The highest BCUT2D eigenvalue weighted by atomic mass is 32.2. The minimum Gasteiger partial charge on any atom is -0.321 e. The van der Waals surface area contributed by atoms with Crippen LogP contribution in [0, 0.1) is 0 Å². The number of nitrogens with one attached hydrogen (secondary N) is 1. The molecule has 0 radical (unpaired) electrons. The number of aromatic nitrogens is 3. The Bertz CT molecular complexity index is 711. The normalized spacial score (nSPS) is 13.3. The van der Waals surface area contributed by atoms with Gasteiger partial charge in [0.2, 0.25) is 10.0 Å². The van der Waals surface area contributed by atoms with E-state index in [1.807, 2.05) is 24.6 Å². The summed E-state index contributed by atoms with van der Waals surface area (Å²) in [5.41, 5.74) is 0.875. The van der Waals surface area contributed by atoms with Crippen molar-refractivity contribution in [3.05, 3.63) is 42.0 Å². The van der Waals surface area contributed by atoms with Crippen molar-refractivity contribution in [2.45, 2.75) is 24.3 Å². The first-order valence-electron chi connectivity index (χ1n) is 6.57. The number of primary sulfonamides is 1. The summed E-state index contributed by atoms with van der Waals surface area (Å²) < 4.78 is 24.6. The Morgan fingerprint density at radius 3 is 2.81 bits per heavy atom. The van der Waals surface area contributed by atoms with Crippen LogP contribution in [0.3, 0.4) is 0 Å². The summed E-state index contributed by atoms with van der Waals surface area (Å²) in [5, 5.41) is 16.3. The molecular weight excluding hydrogens is 290 g/mol. The fourth-order valence-electron chi connectivity index (χ4n) is 2.01. The first-order valence-corrected chi connectivity index (χ1v) is 8.11. The summed E-state index contributed by atoms with van der Waals surface area (Å²) in [6, 6.07) is 6.66. The minimum absolute atomic E-state index is 0.0138. The van der Waals surface area contributed by atoms with Gasteiger partial charge in [0, 0.05) is 26.1 Å². The van der Waals surface area contributed by atoms with Crippen molar-refractivity contribution in [3.63, 3.8) is 0 Å². The Balaban J connectivity index is 1.97. The van der Waals surface area contributed by atoms with E-state index < -0.39 is 10.0 Å². The average molecular weight is 309 g/mol. The average Bonchev–Trinajstić information content (AvgIpc) is 2.83. The first kappa shape index (κ1) is 15.6. The first-order chi connectivity index (χ1) is 9.88. The number of nitrogens with zero attached hydrogens (tertiary/aromatic N) is 3. The second-order valence-electron chi connectivity index (χ2n) is 4.90. The lowest BCUT2D eigenvalue weighted by atomic mass is 10.1. The lowest BCUT2D eigenvalue weighted by Crippen LogP contribution is -2.22. The Morgan fingerprint density at radius 2 is 2.19 bits per heavy atom. The van der Waals surface area contributed by atoms with E-state index in [4.69, 9.17) is 5.14 Å². The second kappa shape index (κ2) is 6.33. The van der Waals surface area contributed by atoms with Crippen LogP contribution in [0.2, 0.25) is 0 Å². The van der Waals surface area contributed by atoms with Crippen LogP contribution < -0.4 is 10.5 Å². The molecule has 2 aromatic rings. The van der Waals surface area contributed by atoms with Gasteiger partial charge in [0.15, 0.2) is 0 Å². The summed E-state index contributed by atoms with van der Waals surface area (Å²) >= 11 is 0. The summed E-state index contributed by atoms with van der Waals surface area (Å²) in [6.07, 6.45) is 2.41. The van der Waals surface area contributed by atoms with E-state index in [2.05, 4.69) is 15.5 Å². The molecule has 0 aliphatic heterocycles. The van der Waals surface area contributed by atoms with Crippen LogP contribution in [0.4, 0.5) is 0 Å². The third-order valence-electron chi connectivity index (χ3n) is 3.29. The molecule has 21 heavy (non-hydrogen) atoms. The van der Waals surface area contributed by atoms with Gasteiger partial charge in [0.1, 0.15) is 12.2 Å². The highest BCUT2D eigenvalue weighted by Crippen LogP contribution is 2.16. The van der Waals surface area contributed by atoms with E-state index in [-0.39, 0.29) is 10.9 Å². The predicted octanol–water partition coefficient (Wildman–Crippen LogP) is 0.356. The van der Waals surface area contributed by atoms with Crippen molar-refractivity contribution in [2.24, 2.45) is 12.2 Å². The maximum Gasteiger partial charge on any atom is 0.238 e. The zero-order chi connectivity index (χ0) is 15.5. The molecule has 1 aromatic heterocycles.